The Hall–Kier alpha value is -5.69. The van der Waals surface area contributed by atoms with E-state index in [4.69, 9.17) is 5.73 Å². The number of benzene rings is 3. The molecule has 0 saturated heterocycles. The zero-order chi connectivity index (χ0) is 33.9. The molecule has 246 valence electrons. The van der Waals surface area contributed by atoms with Gasteiger partial charge in [0.15, 0.2) is 0 Å². The molecule has 4 aromatic rings. The molecule has 4 unspecified atom stereocenters. The van der Waals surface area contributed by atoms with E-state index in [2.05, 4.69) is 20.9 Å². The van der Waals surface area contributed by atoms with E-state index in [1.807, 2.05) is 24.3 Å². The first kappa shape index (κ1) is 34.2. The second-order valence-electron chi connectivity index (χ2n) is 11.2. The Morgan fingerprint density at radius 3 is 1.94 bits per heavy atom. The van der Waals surface area contributed by atoms with Crippen molar-refractivity contribution in [3.05, 3.63) is 102 Å². The molecule has 0 radical (unpaired) electrons. The summed E-state index contributed by atoms with van der Waals surface area (Å²) >= 11 is 0. The second-order valence-corrected chi connectivity index (χ2v) is 11.2. The molecular weight excluding hydrogens is 606 g/mol. The standard InChI is InChI=1S/C34H37N5O8/c35-25(18-22-19-36-26-9-5-4-8-24(22)26)31(43)38-28(16-20-6-2-1-3-7-20)33(45)37-27(14-15-30(41)42)32(44)39-29(34(46)47)17-21-10-12-23(40)13-11-21/h1-13,19,25,27-29,36,40H,14-18,35H2,(H,37,45)(H,38,43)(H,39,44)(H,41,42)(H,46,47). The number of aromatic hydroxyl groups is 1. The van der Waals surface area contributed by atoms with Gasteiger partial charge >= 0.3 is 11.9 Å². The highest BCUT2D eigenvalue weighted by Crippen LogP contribution is 2.19. The van der Waals surface area contributed by atoms with Crippen molar-refractivity contribution in [2.24, 2.45) is 5.73 Å². The minimum Gasteiger partial charge on any atom is -0.508 e. The highest BCUT2D eigenvalue weighted by molar-refractivity contribution is 5.95. The number of hydrogen-bond donors (Lipinski definition) is 8. The Bertz CT molecular complexity index is 1710. The van der Waals surface area contributed by atoms with E-state index in [9.17, 15) is 39.3 Å². The van der Waals surface area contributed by atoms with Crippen LogP contribution >= 0.6 is 0 Å². The van der Waals surface area contributed by atoms with Gasteiger partial charge in [-0.2, -0.15) is 0 Å². The lowest BCUT2D eigenvalue weighted by Crippen LogP contribution is -2.58. The fraction of sp³-hybridized carbons (Fsp3) is 0.265. The van der Waals surface area contributed by atoms with Crippen molar-refractivity contribution < 1.29 is 39.3 Å². The summed E-state index contributed by atoms with van der Waals surface area (Å²) in [6.45, 7) is 0. The van der Waals surface area contributed by atoms with Crippen LogP contribution in [0.5, 0.6) is 5.75 Å². The summed E-state index contributed by atoms with van der Waals surface area (Å²) in [5, 5.41) is 37.1. The number of fused-ring (bicyclic) bond motifs is 1. The molecule has 0 fully saturated rings. The van der Waals surface area contributed by atoms with Gasteiger partial charge in [-0.05, 0) is 47.7 Å². The van der Waals surface area contributed by atoms with E-state index in [1.165, 1.54) is 24.3 Å². The SMILES string of the molecule is NC(Cc1c[nH]c2ccccc12)C(=O)NC(Cc1ccccc1)C(=O)NC(CCC(=O)O)C(=O)NC(Cc1ccc(O)cc1)C(=O)O. The fourth-order valence-corrected chi connectivity index (χ4v) is 5.12. The topological polar surface area (TPSA) is 224 Å². The lowest BCUT2D eigenvalue weighted by atomic mass is 10.0. The third kappa shape index (κ3) is 9.90. The van der Waals surface area contributed by atoms with Crippen molar-refractivity contribution in [2.75, 3.05) is 0 Å². The Morgan fingerprint density at radius 1 is 0.681 bits per heavy atom. The van der Waals surface area contributed by atoms with Crippen LogP contribution in [0.1, 0.15) is 29.5 Å². The van der Waals surface area contributed by atoms with Crippen molar-refractivity contribution in [3.8, 4) is 5.75 Å². The lowest BCUT2D eigenvalue weighted by Gasteiger charge is -2.25. The number of hydrogen-bond acceptors (Lipinski definition) is 7. The van der Waals surface area contributed by atoms with Crippen LogP contribution in [-0.4, -0.2) is 74.1 Å². The number of phenolic OH excluding ortho intramolecular Hbond substituents is 1. The van der Waals surface area contributed by atoms with E-state index >= 15 is 0 Å². The zero-order valence-corrected chi connectivity index (χ0v) is 25.4. The van der Waals surface area contributed by atoms with Crippen molar-refractivity contribution in [1.82, 2.24) is 20.9 Å². The Labute approximate surface area is 270 Å². The molecule has 47 heavy (non-hydrogen) atoms. The van der Waals surface area contributed by atoms with Gasteiger partial charge < -0.3 is 42.0 Å². The molecule has 1 heterocycles. The average molecular weight is 644 g/mol. The van der Waals surface area contributed by atoms with Crippen molar-refractivity contribution in [3.63, 3.8) is 0 Å². The van der Waals surface area contributed by atoms with Crippen molar-refractivity contribution in [2.45, 2.75) is 56.3 Å². The van der Waals surface area contributed by atoms with E-state index in [0.717, 1.165) is 16.5 Å². The molecule has 0 spiro atoms. The molecule has 4 rings (SSSR count). The molecule has 3 amide bonds. The predicted molar refractivity (Wildman–Crippen MR) is 172 cm³/mol. The van der Waals surface area contributed by atoms with Gasteiger partial charge in [-0.15, -0.1) is 0 Å². The summed E-state index contributed by atoms with van der Waals surface area (Å²) in [5.74, 6) is -4.90. The van der Waals surface area contributed by atoms with Crippen LogP contribution in [0.4, 0.5) is 0 Å². The summed E-state index contributed by atoms with van der Waals surface area (Å²) in [5.41, 5.74) is 9.18. The Morgan fingerprint density at radius 2 is 1.26 bits per heavy atom. The number of carboxylic acid groups (broad SMARTS) is 2. The van der Waals surface area contributed by atoms with Gasteiger partial charge in [-0.1, -0.05) is 60.7 Å². The van der Waals surface area contributed by atoms with Crippen LogP contribution in [0.15, 0.2) is 85.1 Å². The Balaban J connectivity index is 1.50. The van der Waals surface area contributed by atoms with Gasteiger partial charge in [0.05, 0.1) is 6.04 Å². The van der Waals surface area contributed by atoms with E-state index in [0.29, 0.717) is 11.1 Å². The first-order valence-electron chi connectivity index (χ1n) is 15.0. The second kappa shape index (κ2) is 16.0. The molecule has 4 atom stereocenters. The number of nitrogens with one attached hydrogen (secondary N) is 4. The molecule has 0 saturated carbocycles. The van der Waals surface area contributed by atoms with Gasteiger partial charge in [0.1, 0.15) is 23.9 Å². The van der Waals surface area contributed by atoms with Crippen LogP contribution in [0.3, 0.4) is 0 Å². The predicted octanol–water partition coefficient (Wildman–Crippen LogP) is 1.63. The quantitative estimate of drug-likeness (QED) is 0.0887. The lowest BCUT2D eigenvalue weighted by molar-refractivity contribution is -0.143. The number of aromatic nitrogens is 1. The van der Waals surface area contributed by atoms with Crippen LogP contribution in [0.2, 0.25) is 0 Å². The third-order valence-corrected chi connectivity index (χ3v) is 7.64. The molecule has 0 aliphatic rings. The molecule has 0 aliphatic carbocycles. The normalized spacial score (nSPS) is 13.6. The smallest absolute Gasteiger partial charge is 0.326 e. The van der Waals surface area contributed by atoms with E-state index in [1.54, 1.807) is 36.5 Å². The molecule has 0 bridgehead atoms. The Kier molecular flexibility index (Phi) is 11.7. The van der Waals surface area contributed by atoms with Gasteiger partial charge in [0, 0.05) is 36.4 Å². The minimum atomic E-state index is -1.43. The number of carbonyl (C=O) groups excluding carboxylic acids is 3. The molecule has 0 aliphatic heterocycles. The number of carboxylic acids is 2. The highest BCUT2D eigenvalue weighted by atomic mass is 16.4. The third-order valence-electron chi connectivity index (χ3n) is 7.64. The monoisotopic (exact) mass is 643 g/mol. The van der Waals surface area contributed by atoms with Crippen LogP contribution in [-0.2, 0) is 43.2 Å². The maximum atomic E-state index is 13.7. The minimum absolute atomic E-state index is 0.0165. The number of carbonyl (C=O) groups is 5. The number of aromatic amines is 1. The zero-order valence-electron chi connectivity index (χ0n) is 25.4. The molecule has 3 aromatic carbocycles. The number of nitrogens with two attached hydrogens (primary N) is 1. The summed E-state index contributed by atoms with van der Waals surface area (Å²) < 4.78 is 0. The number of rotatable bonds is 16. The average Bonchev–Trinajstić information content (AvgIpc) is 3.46. The van der Waals surface area contributed by atoms with Crippen molar-refractivity contribution >= 4 is 40.6 Å². The maximum Gasteiger partial charge on any atom is 0.326 e. The fourth-order valence-electron chi connectivity index (χ4n) is 5.12. The number of phenols is 1. The van der Waals surface area contributed by atoms with Crippen molar-refractivity contribution in [1.29, 1.82) is 0 Å². The summed E-state index contributed by atoms with van der Waals surface area (Å²) in [4.78, 5) is 66.8. The number of para-hydroxylation sites is 1. The number of aliphatic carboxylic acids is 2. The number of H-pyrrole nitrogens is 1. The highest BCUT2D eigenvalue weighted by Gasteiger charge is 2.31. The van der Waals surface area contributed by atoms with Crippen LogP contribution in [0.25, 0.3) is 10.9 Å². The maximum absolute atomic E-state index is 13.7. The molecule has 13 heteroatoms. The molecular formula is C34H37N5O8. The van der Waals surface area contributed by atoms with E-state index in [-0.39, 0.29) is 31.4 Å². The first-order chi connectivity index (χ1) is 22.5. The molecule has 1 aromatic heterocycles. The van der Waals surface area contributed by atoms with Crippen LogP contribution < -0.4 is 21.7 Å². The largest absolute Gasteiger partial charge is 0.508 e. The van der Waals surface area contributed by atoms with Gasteiger partial charge in [-0.25, -0.2) is 4.79 Å². The molecule has 13 nitrogen and oxygen atoms in total. The van der Waals surface area contributed by atoms with E-state index < -0.39 is 60.2 Å². The molecule has 9 N–H and O–H groups in total. The van der Waals surface area contributed by atoms with Crippen LogP contribution in [0, 0.1) is 0 Å². The summed E-state index contributed by atoms with van der Waals surface area (Å²) in [6, 6.07) is 17.0. The summed E-state index contributed by atoms with van der Waals surface area (Å²) in [7, 11) is 0. The van der Waals surface area contributed by atoms with Gasteiger partial charge in [0.25, 0.3) is 0 Å². The number of amides is 3. The summed E-state index contributed by atoms with van der Waals surface area (Å²) in [6.07, 6.45) is 0.996. The van der Waals surface area contributed by atoms with Gasteiger partial charge in [-0.3, -0.25) is 19.2 Å². The first-order valence-corrected chi connectivity index (χ1v) is 15.0. The van der Waals surface area contributed by atoms with Gasteiger partial charge in [0.2, 0.25) is 17.7 Å².